The third kappa shape index (κ3) is 7.20. The van der Waals surface area contributed by atoms with Gasteiger partial charge in [-0.15, -0.1) is 0 Å². The Labute approximate surface area is 248 Å². The fourth-order valence-corrected chi connectivity index (χ4v) is 4.72. The Balaban J connectivity index is 1.08. The van der Waals surface area contributed by atoms with Gasteiger partial charge >= 0.3 is 5.91 Å². The summed E-state index contributed by atoms with van der Waals surface area (Å²) in [4.78, 5) is 26.4. The van der Waals surface area contributed by atoms with Gasteiger partial charge in [-0.05, 0) is 86.1 Å². The van der Waals surface area contributed by atoms with E-state index in [9.17, 15) is 9.59 Å². The molecule has 2 amide bonds. The van der Waals surface area contributed by atoms with Crippen LogP contribution >= 0.6 is 11.6 Å². The molecule has 218 valence electrons. The van der Waals surface area contributed by atoms with Crippen molar-refractivity contribution in [2.24, 2.45) is 5.10 Å². The molecule has 5 rings (SSSR count). The highest BCUT2D eigenvalue weighted by Gasteiger charge is 2.18. The molecule has 0 atom stereocenters. The van der Waals surface area contributed by atoms with Crippen molar-refractivity contribution >= 4 is 29.6 Å². The molecule has 2 aromatic heterocycles. The van der Waals surface area contributed by atoms with Gasteiger partial charge in [-0.3, -0.25) is 9.59 Å². The van der Waals surface area contributed by atoms with Gasteiger partial charge in [-0.25, -0.2) is 5.43 Å². The number of hydrogen-bond donors (Lipinski definition) is 1. The van der Waals surface area contributed by atoms with E-state index < -0.39 is 5.91 Å². The second kappa shape index (κ2) is 13.4. The van der Waals surface area contributed by atoms with Crippen molar-refractivity contribution < 1.29 is 28.2 Å². The number of carbonyl (C=O) groups is 2. The molecule has 0 aliphatic carbocycles. The number of aryl methyl sites for hydroxylation is 2. The maximum Gasteiger partial charge on any atom is 0.307 e. The molecule has 2 aromatic carbocycles. The summed E-state index contributed by atoms with van der Waals surface area (Å²) < 4.78 is 24.5. The lowest BCUT2D eigenvalue weighted by molar-refractivity contribution is -0.137. The lowest BCUT2D eigenvalue weighted by Crippen LogP contribution is -2.43. The quantitative estimate of drug-likeness (QED) is 0.207. The minimum Gasteiger partial charge on any atom is -0.486 e. The van der Waals surface area contributed by atoms with Gasteiger partial charge in [0.25, 0.3) is 5.91 Å². The van der Waals surface area contributed by atoms with E-state index in [0.717, 1.165) is 17.1 Å². The maximum atomic E-state index is 12.5. The SMILES string of the molecule is Cc1ccc(C)n1-c1ccc(OCc2ccc(C(=O)N/N=C/c3ccc(OCC(=O)N4CCOCC4)c(Cl)c3)o2)cc1. The highest BCUT2D eigenvalue weighted by Crippen LogP contribution is 2.25. The van der Waals surface area contributed by atoms with Crippen molar-refractivity contribution in [1.82, 2.24) is 14.9 Å². The van der Waals surface area contributed by atoms with Crippen molar-refractivity contribution in [1.29, 1.82) is 0 Å². The summed E-state index contributed by atoms with van der Waals surface area (Å²) in [6, 6.07) is 20.2. The van der Waals surface area contributed by atoms with E-state index in [1.807, 2.05) is 24.3 Å². The fraction of sp³-hybridized carbons (Fsp3) is 0.258. The number of halogens is 1. The van der Waals surface area contributed by atoms with Crippen LogP contribution in [0.5, 0.6) is 11.5 Å². The average molecular weight is 591 g/mol. The smallest absolute Gasteiger partial charge is 0.307 e. The predicted molar refractivity (Wildman–Crippen MR) is 158 cm³/mol. The first-order chi connectivity index (χ1) is 20.4. The molecule has 1 fully saturated rings. The van der Waals surface area contributed by atoms with Crippen LogP contribution in [0.4, 0.5) is 0 Å². The van der Waals surface area contributed by atoms with Crippen molar-refractivity contribution in [2.75, 3.05) is 32.9 Å². The second-order valence-electron chi connectivity index (χ2n) is 9.67. The Kier molecular flexibility index (Phi) is 9.25. The largest absolute Gasteiger partial charge is 0.486 e. The van der Waals surface area contributed by atoms with Crippen LogP contribution in [0.3, 0.4) is 0 Å². The summed E-state index contributed by atoms with van der Waals surface area (Å²) in [6.45, 7) is 6.34. The monoisotopic (exact) mass is 590 g/mol. The lowest BCUT2D eigenvalue weighted by Gasteiger charge is -2.26. The minimum absolute atomic E-state index is 0.103. The molecule has 1 saturated heterocycles. The number of furan rings is 1. The average Bonchev–Trinajstić information content (AvgIpc) is 3.62. The van der Waals surface area contributed by atoms with E-state index in [-0.39, 0.29) is 24.9 Å². The van der Waals surface area contributed by atoms with E-state index in [4.69, 9.17) is 30.2 Å². The zero-order valence-corrected chi connectivity index (χ0v) is 24.1. The predicted octanol–water partition coefficient (Wildman–Crippen LogP) is 4.92. The highest BCUT2D eigenvalue weighted by atomic mass is 35.5. The van der Waals surface area contributed by atoms with Crippen LogP contribution in [0.15, 0.2) is 76.2 Å². The number of hydrazone groups is 1. The van der Waals surface area contributed by atoms with Gasteiger partial charge in [0, 0.05) is 30.2 Å². The van der Waals surface area contributed by atoms with E-state index in [1.165, 1.54) is 6.21 Å². The summed E-state index contributed by atoms with van der Waals surface area (Å²) >= 11 is 6.31. The summed E-state index contributed by atoms with van der Waals surface area (Å²) in [7, 11) is 0. The van der Waals surface area contributed by atoms with Crippen LogP contribution in [0, 0.1) is 13.8 Å². The number of ether oxygens (including phenoxy) is 3. The topological polar surface area (TPSA) is 108 Å². The Morgan fingerprint density at radius 3 is 2.43 bits per heavy atom. The molecule has 0 unspecified atom stereocenters. The first kappa shape index (κ1) is 29.0. The van der Waals surface area contributed by atoms with Gasteiger partial charge in [-0.1, -0.05) is 11.6 Å². The van der Waals surface area contributed by atoms with E-state index in [0.29, 0.717) is 54.1 Å². The van der Waals surface area contributed by atoms with Crippen LogP contribution in [0.2, 0.25) is 5.02 Å². The third-order valence-corrected chi connectivity index (χ3v) is 6.98. The number of benzene rings is 2. The zero-order chi connectivity index (χ0) is 29.5. The molecule has 1 aliphatic heterocycles. The van der Waals surface area contributed by atoms with Crippen LogP contribution in [0.25, 0.3) is 5.69 Å². The van der Waals surface area contributed by atoms with Gasteiger partial charge in [0.05, 0.1) is 24.5 Å². The lowest BCUT2D eigenvalue weighted by atomic mass is 10.2. The summed E-state index contributed by atoms with van der Waals surface area (Å²) in [5, 5.41) is 4.30. The number of amides is 2. The number of nitrogens with one attached hydrogen (secondary N) is 1. The van der Waals surface area contributed by atoms with E-state index >= 15 is 0 Å². The standard InChI is InChI=1S/C31H31ClN4O6/c1-21-3-4-22(2)36(21)24-6-8-25(9-7-24)40-19-26-10-12-29(42-26)31(38)34-33-18-23-5-11-28(27(32)17-23)41-20-30(37)35-13-15-39-16-14-35/h3-12,17-18H,13-16,19-20H2,1-2H3,(H,34,38)/b33-18+. The molecule has 11 heteroatoms. The summed E-state index contributed by atoms with van der Waals surface area (Å²) in [5.41, 5.74) is 6.44. The normalized spacial score (nSPS) is 13.4. The molecule has 0 saturated carbocycles. The van der Waals surface area contributed by atoms with Gasteiger partial charge in [0.2, 0.25) is 0 Å². The molecule has 42 heavy (non-hydrogen) atoms. The minimum atomic E-state index is -0.507. The summed E-state index contributed by atoms with van der Waals surface area (Å²) in [6.07, 6.45) is 1.44. The number of rotatable bonds is 10. The van der Waals surface area contributed by atoms with Crippen LogP contribution in [-0.2, 0) is 16.1 Å². The van der Waals surface area contributed by atoms with Gasteiger partial charge in [0.15, 0.2) is 12.4 Å². The molecular weight excluding hydrogens is 560 g/mol. The second-order valence-corrected chi connectivity index (χ2v) is 10.1. The first-order valence-electron chi connectivity index (χ1n) is 13.5. The molecule has 10 nitrogen and oxygen atoms in total. The Morgan fingerprint density at radius 1 is 0.976 bits per heavy atom. The van der Waals surface area contributed by atoms with E-state index in [2.05, 4.69) is 41.1 Å². The molecule has 0 bridgehead atoms. The van der Waals surface area contributed by atoms with Crippen molar-refractivity contribution in [3.8, 4) is 17.2 Å². The van der Waals surface area contributed by atoms with Crippen LogP contribution in [0.1, 0.15) is 33.3 Å². The molecule has 0 spiro atoms. The molecule has 4 aromatic rings. The van der Waals surface area contributed by atoms with Crippen molar-refractivity contribution in [3.05, 3.63) is 100 Å². The Morgan fingerprint density at radius 2 is 1.71 bits per heavy atom. The number of aromatic nitrogens is 1. The van der Waals surface area contributed by atoms with Gasteiger partial charge < -0.3 is 28.1 Å². The number of morpholine rings is 1. The number of nitrogens with zero attached hydrogens (tertiary/aromatic N) is 3. The molecular formula is C31H31ClN4O6. The number of hydrogen-bond acceptors (Lipinski definition) is 7. The third-order valence-electron chi connectivity index (χ3n) is 6.68. The number of carbonyl (C=O) groups excluding carboxylic acids is 2. The van der Waals surface area contributed by atoms with Crippen molar-refractivity contribution in [2.45, 2.75) is 20.5 Å². The van der Waals surface area contributed by atoms with Gasteiger partial charge in [-0.2, -0.15) is 5.10 Å². The highest BCUT2D eigenvalue weighted by molar-refractivity contribution is 6.32. The van der Waals surface area contributed by atoms with Crippen LogP contribution in [-0.4, -0.2) is 60.4 Å². The maximum absolute atomic E-state index is 12.5. The molecule has 1 aliphatic rings. The molecule has 1 N–H and O–H groups in total. The van der Waals surface area contributed by atoms with Crippen LogP contribution < -0.4 is 14.9 Å². The first-order valence-corrected chi connectivity index (χ1v) is 13.8. The Hall–Kier alpha value is -4.54. The van der Waals surface area contributed by atoms with E-state index in [1.54, 1.807) is 35.2 Å². The molecule has 3 heterocycles. The summed E-state index contributed by atoms with van der Waals surface area (Å²) in [5.74, 6) is 1.04. The fourth-order valence-electron chi connectivity index (χ4n) is 4.48. The van der Waals surface area contributed by atoms with Crippen molar-refractivity contribution in [3.63, 3.8) is 0 Å². The molecule has 0 radical (unpaired) electrons. The zero-order valence-electron chi connectivity index (χ0n) is 23.3. The van der Waals surface area contributed by atoms with Gasteiger partial charge in [0.1, 0.15) is 23.9 Å². The Bertz CT molecular complexity index is 1550.